The minimum absolute atomic E-state index is 0.144. The van der Waals surface area contributed by atoms with Gasteiger partial charge >= 0.3 is 0 Å². The number of carbonyl (C=O) groups excluding carboxylic acids is 1. The molecule has 1 aliphatic rings. The minimum Gasteiger partial charge on any atom is -0.493 e. The highest BCUT2D eigenvalue weighted by atomic mass is 32.1. The summed E-state index contributed by atoms with van der Waals surface area (Å²) < 4.78 is 30.2. The second kappa shape index (κ2) is 10.9. The van der Waals surface area contributed by atoms with Gasteiger partial charge in [-0.2, -0.15) is 0 Å². The Morgan fingerprint density at radius 1 is 1.23 bits per heavy atom. The number of morpholine rings is 1. The topological polar surface area (TPSA) is 107 Å². The SMILES string of the molecule is COc1cc(C(=O)N(CCCN2CCOCC2)c2nc3ccc(F)cc3s2)c([N+](=O)[O-])cc1OC. The number of halogens is 1. The Hall–Kier alpha value is -3.35. The van der Waals surface area contributed by atoms with E-state index in [0.717, 1.165) is 31.0 Å². The van der Waals surface area contributed by atoms with Gasteiger partial charge in [0.1, 0.15) is 11.4 Å². The molecule has 0 saturated carbocycles. The second-order valence-corrected chi connectivity index (χ2v) is 8.86. The third kappa shape index (κ3) is 5.50. The van der Waals surface area contributed by atoms with Crippen molar-refractivity contribution in [3.05, 3.63) is 51.8 Å². The van der Waals surface area contributed by atoms with E-state index in [1.807, 2.05) is 0 Å². The maximum absolute atomic E-state index is 13.8. The van der Waals surface area contributed by atoms with Crippen LogP contribution in [-0.4, -0.2) is 74.3 Å². The lowest BCUT2D eigenvalue weighted by Gasteiger charge is -2.27. The summed E-state index contributed by atoms with van der Waals surface area (Å²) in [5.74, 6) is -0.668. The zero-order valence-corrected chi connectivity index (χ0v) is 20.2. The van der Waals surface area contributed by atoms with Gasteiger partial charge in [0.15, 0.2) is 16.6 Å². The molecule has 1 aromatic heterocycles. The van der Waals surface area contributed by atoms with Crippen molar-refractivity contribution >= 4 is 38.3 Å². The van der Waals surface area contributed by atoms with E-state index >= 15 is 0 Å². The van der Waals surface area contributed by atoms with Crippen molar-refractivity contribution in [1.82, 2.24) is 9.88 Å². The summed E-state index contributed by atoms with van der Waals surface area (Å²) in [5, 5.41) is 12.2. The molecule has 3 aromatic rings. The number of nitro benzene ring substituents is 1. The van der Waals surface area contributed by atoms with Crippen LogP contribution >= 0.6 is 11.3 Å². The lowest BCUT2D eigenvalue weighted by atomic mass is 10.1. The summed E-state index contributed by atoms with van der Waals surface area (Å²) in [7, 11) is 2.75. The Kier molecular flexibility index (Phi) is 7.73. The van der Waals surface area contributed by atoms with Gasteiger partial charge in [-0.25, -0.2) is 9.37 Å². The van der Waals surface area contributed by atoms with Gasteiger partial charge in [0.05, 0.1) is 48.6 Å². The fraction of sp³-hybridized carbons (Fsp3) is 0.391. The van der Waals surface area contributed by atoms with Crippen LogP contribution in [0.4, 0.5) is 15.2 Å². The van der Waals surface area contributed by atoms with Crippen molar-refractivity contribution in [2.75, 3.05) is 58.5 Å². The van der Waals surface area contributed by atoms with Gasteiger partial charge in [-0.15, -0.1) is 0 Å². The van der Waals surface area contributed by atoms with E-state index in [4.69, 9.17) is 14.2 Å². The Balaban J connectivity index is 1.70. The van der Waals surface area contributed by atoms with Gasteiger partial charge in [-0.3, -0.25) is 24.7 Å². The van der Waals surface area contributed by atoms with E-state index in [-0.39, 0.29) is 23.6 Å². The van der Waals surface area contributed by atoms with Crippen molar-refractivity contribution in [3.63, 3.8) is 0 Å². The highest BCUT2D eigenvalue weighted by Crippen LogP contribution is 2.37. The molecule has 0 spiro atoms. The normalized spacial score (nSPS) is 14.1. The molecular formula is C23H25FN4O6S. The number of anilines is 1. The molecule has 35 heavy (non-hydrogen) atoms. The largest absolute Gasteiger partial charge is 0.493 e. The smallest absolute Gasteiger partial charge is 0.286 e. The molecule has 10 nitrogen and oxygen atoms in total. The maximum atomic E-state index is 13.8. The molecule has 12 heteroatoms. The third-order valence-electron chi connectivity index (χ3n) is 5.70. The summed E-state index contributed by atoms with van der Waals surface area (Å²) in [6, 6.07) is 6.67. The van der Waals surface area contributed by atoms with E-state index in [0.29, 0.717) is 35.0 Å². The number of hydrogen-bond acceptors (Lipinski definition) is 9. The van der Waals surface area contributed by atoms with Crippen LogP contribution < -0.4 is 14.4 Å². The summed E-state index contributed by atoms with van der Waals surface area (Å²) >= 11 is 1.16. The third-order valence-corrected chi connectivity index (χ3v) is 6.75. The van der Waals surface area contributed by atoms with Gasteiger partial charge in [0.25, 0.3) is 11.6 Å². The molecule has 4 rings (SSSR count). The van der Waals surface area contributed by atoms with Crippen LogP contribution in [0.25, 0.3) is 10.2 Å². The van der Waals surface area contributed by atoms with E-state index in [1.165, 1.54) is 43.4 Å². The van der Waals surface area contributed by atoms with Gasteiger partial charge in [0.2, 0.25) is 0 Å². The number of fused-ring (bicyclic) bond motifs is 1. The number of nitrogens with zero attached hydrogens (tertiary/aromatic N) is 4. The number of aromatic nitrogens is 1. The molecule has 1 fully saturated rings. The molecule has 1 aliphatic heterocycles. The second-order valence-electron chi connectivity index (χ2n) is 7.85. The summed E-state index contributed by atoms with van der Waals surface area (Å²) in [6.45, 7) is 3.91. The Morgan fingerprint density at radius 3 is 2.63 bits per heavy atom. The Labute approximate surface area is 205 Å². The number of benzene rings is 2. The van der Waals surface area contributed by atoms with Crippen LogP contribution in [0.1, 0.15) is 16.8 Å². The summed E-state index contributed by atoms with van der Waals surface area (Å²) in [6.07, 6.45) is 0.608. The van der Waals surface area contributed by atoms with Gasteiger partial charge in [-0.05, 0) is 24.6 Å². The average Bonchev–Trinajstić information content (AvgIpc) is 3.28. The van der Waals surface area contributed by atoms with Crippen LogP contribution in [-0.2, 0) is 4.74 Å². The first-order valence-corrected chi connectivity index (χ1v) is 11.8. The molecule has 186 valence electrons. The molecule has 0 N–H and O–H groups in total. The first-order chi connectivity index (χ1) is 16.9. The predicted octanol–water partition coefficient (Wildman–Crippen LogP) is 3.73. The first kappa shape index (κ1) is 24.8. The molecule has 1 amide bonds. The first-order valence-electron chi connectivity index (χ1n) is 11.0. The molecular weight excluding hydrogens is 479 g/mol. The average molecular weight is 505 g/mol. The number of amides is 1. The number of carbonyl (C=O) groups is 1. The molecule has 2 heterocycles. The standard InChI is InChI=1S/C23H25FN4O6S/c1-32-19-13-16(18(28(30)31)14-20(19)33-2)22(29)27(7-3-6-26-8-10-34-11-9-26)23-25-17-5-4-15(24)12-21(17)35-23/h4-5,12-14H,3,6-11H2,1-2H3. The van der Waals surface area contributed by atoms with Crippen molar-refractivity contribution < 1.29 is 28.3 Å². The van der Waals surface area contributed by atoms with Crippen LogP contribution in [0.5, 0.6) is 11.5 Å². The van der Waals surface area contributed by atoms with E-state index < -0.39 is 22.3 Å². The predicted molar refractivity (Wildman–Crippen MR) is 129 cm³/mol. The summed E-state index contributed by atoms with van der Waals surface area (Å²) in [4.78, 5) is 33.1. The van der Waals surface area contributed by atoms with Crippen molar-refractivity contribution in [2.45, 2.75) is 6.42 Å². The number of thiazole rings is 1. The minimum atomic E-state index is -0.630. The lowest BCUT2D eigenvalue weighted by Crippen LogP contribution is -2.39. The zero-order chi connectivity index (χ0) is 24.9. The van der Waals surface area contributed by atoms with Gasteiger partial charge < -0.3 is 14.2 Å². The Bertz CT molecular complexity index is 1230. The van der Waals surface area contributed by atoms with Crippen LogP contribution in [0.3, 0.4) is 0 Å². The fourth-order valence-corrected chi connectivity index (χ4v) is 4.91. The van der Waals surface area contributed by atoms with Crippen molar-refractivity contribution in [1.29, 1.82) is 0 Å². The van der Waals surface area contributed by atoms with Gasteiger partial charge in [-0.1, -0.05) is 11.3 Å². The van der Waals surface area contributed by atoms with Crippen LogP contribution in [0, 0.1) is 15.9 Å². The van der Waals surface area contributed by atoms with E-state index in [9.17, 15) is 19.3 Å². The number of hydrogen-bond donors (Lipinski definition) is 0. The number of ether oxygens (including phenoxy) is 3. The van der Waals surface area contributed by atoms with E-state index in [2.05, 4.69) is 9.88 Å². The zero-order valence-electron chi connectivity index (χ0n) is 19.4. The van der Waals surface area contributed by atoms with Gasteiger partial charge in [0, 0.05) is 32.2 Å². The summed E-state index contributed by atoms with van der Waals surface area (Å²) in [5.41, 5.74) is -0.0124. The number of nitro groups is 1. The molecule has 2 aromatic carbocycles. The highest BCUT2D eigenvalue weighted by molar-refractivity contribution is 7.22. The van der Waals surface area contributed by atoms with Crippen molar-refractivity contribution in [3.8, 4) is 11.5 Å². The van der Waals surface area contributed by atoms with E-state index in [1.54, 1.807) is 6.07 Å². The molecule has 0 aliphatic carbocycles. The van der Waals surface area contributed by atoms with Crippen LogP contribution in [0.2, 0.25) is 0 Å². The molecule has 0 radical (unpaired) electrons. The number of methoxy groups -OCH3 is 2. The molecule has 0 unspecified atom stereocenters. The van der Waals surface area contributed by atoms with Crippen LogP contribution in [0.15, 0.2) is 30.3 Å². The van der Waals surface area contributed by atoms with Crippen molar-refractivity contribution in [2.24, 2.45) is 0 Å². The Morgan fingerprint density at radius 2 is 1.94 bits per heavy atom. The highest BCUT2D eigenvalue weighted by Gasteiger charge is 2.30. The monoisotopic (exact) mass is 504 g/mol. The maximum Gasteiger partial charge on any atom is 0.286 e. The molecule has 0 atom stereocenters. The molecule has 1 saturated heterocycles. The quantitative estimate of drug-likeness (QED) is 0.321. The number of rotatable bonds is 9. The lowest BCUT2D eigenvalue weighted by molar-refractivity contribution is -0.385. The fourth-order valence-electron chi connectivity index (χ4n) is 3.90. The molecule has 0 bridgehead atoms.